The zero-order valence-electron chi connectivity index (χ0n) is 9.47. The van der Waals surface area contributed by atoms with E-state index < -0.39 is 0 Å². The molecular weight excluding hydrogens is 228 g/mol. The quantitative estimate of drug-likeness (QED) is 0.826. The molecular formula is C15H14OS. The number of para-hydroxylation sites is 1. The minimum atomic E-state index is 0.394. The van der Waals surface area contributed by atoms with Gasteiger partial charge < -0.3 is 5.11 Å². The number of hydrogen-bond acceptors (Lipinski definition) is 2. The van der Waals surface area contributed by atoms with E-state index in [4.69, 9.17) is 0 Å². The van der Waals surface area contributed by atoms with Gasteiger partial charge in [-0.1, -0.05) is 36.4 Å². The van der Waals surface area contributed by atoms with Gasteiger partial charge in [0.2, 0.25) is 0 Å². The molecule has 2 aromatic rings. The van der Waals surface area contributed by atoms with Crippen LogP contribution in [0, 0.1) is 0 Å². The molecule has 1 nitrogen and oxygen atoms in total. The Kier molecular flexibility index (Phi) is 2.81. The normalized spacial score (nSPS) is 17.3. The Bertz CT molecular complexity index is 536. The largest absolute Gasteiger partial charge is 0.507 e. The topological polar surface area (TPSA) is 20.2 Å². The molecule has 1 aliphatic rings. The molecule has 0 saturated heterocycles. The van der Waals surface area contributed by atoms with Gasteiger partial charge in [0, 0.05) is 10.6 Å². The van der Waals surface area contributed by atoms with Crippen LogP contribution in [-0.4, -0.2) is 10.9 Å². The number of aromatic hydroxyl groups is 1. The molecule has 1 N–H and O–H groups in total. The van der Waals surface area contributed by atoms with Crippen LogP contribution < -0.4 is 0 Å². The minimum absolute atomic E-state index is 0.394. The molecule has 1 unspecified atom stereocenters. The van der Waals surface area contributed by atoms with E-state index >= 15 is 0 Å². The van der Waals surface area contributed by atoms with Gasteiger partial charge in [-0.05, 0) is 35.6 Å². The lowest BCUT2D eigenvalue weighted by Gasteiger charge is -2.29. The van der Waals surface area contributed by atoms with Gasteiger partial charge in [-0.2, -0.15) is 0 Å². The molecule has 3 rings (SSSR count). The van der Waals surface area contributed by atoms with Crippen molar-refractivity contribution in [1.82, 2.24) is 0 Å². The van der Waals surface area contributed by atoms with Gasteiger partial charge in [0.1, 0.15) is 5.75 Å². The summed E-state index contributed by atoms with van der Waals surface area (Å²) in [5, 5.41) is 9.69. The number of benzene rings is 2. The minimum Gasteiger partial charge on any atom is -0.507 e. The third-order valence-corrected chi connectivity index (χ3v) is 4.49. The highest BCUT2D eigenvalue weighted by Gasteiger charge is 2.25. The fraction of sp³-hybridized carbons (Fsp3) is 0.200. The lowest BCUT2D eigenvalue weighted by molar-refractivity contribution is 0.462. The Labute approximate surface area is 105 Å². The monoisotopic (exact) mass is 242 g/mol. The number of rotatable bonds is 3. The summed E-state index contributed by atoms with van der Waals surface area (Å²) >= 11 is 1.74. The molecule has 0 amide bonds. The second-order valence-corrected chi connectivity index (χ2v) is 5.44. The van der Waals surface area contributed by atoms with E-state index in [9.17, 15) is 5.11 Å². The van der Waals surface area contributed by atoms with E-state index in [1.807, 2.05) is 18.2 Å². The molecule has 86 valence electrons. The fourth-order valence-corrected chi connectivity index (χ4v) is 3.35. The van der Waals surface area contributed by atoms with Crippen LogP contribution in [0.2, 0.25) is 0 Å². The zero-order valence-corrected chi connectivity index (χ0v) is 10.3. The predicted octanol–water partition coefficient (Wildman–Crippen LogP) is 3.82. The molecule has 2 heteroatoms. The van der Waals surface area contributed by atoms with E-state index in [2.05, 4.69) is 24.3 Å². The lowest BCUT2D eigenvalue weighted by atomic mass is 9.79. The van der Waals surface area contributed by atoms with Crippen molar-refractivity contribution in [3.05, 3.63) is 59.7 Å². The first-order valence-corrected chi connectivity index (χ1v) is 6.82. The van der Waals surface area contributed by atoms with E-state index in [0.717, 1.165) is 10.6 Å². The van der Waals surface area contributed by atoms with Crippen molar-refractivity contribution in [2.24, 2.45) is 0 Å². The summed E-state index contributed by atoms with van der Waals surface area (Å²) < 4.78 is 0. The summed E-state index contributed by atoms with van der Waals surface area (Å²) in [5.41, 5.74) is 2.96. The lowest BCUT2D eigenvalue weighted by Crippen LogP contribution is -2.18. The molecule has 0 aromatic heterocycles. The van der Waals surface area contributed by atoms with Crippen molar-refractivity contribution in [3.8, 4) is 5.75 Å². The zero-order chi connectivity index (χ0) is 11.7. The van der Waals surface area contributed by atoms with Crippen LogP contribution in [0.5, 0.6) is 5.75 Å². The number of fused-ring (bicyclic) bond motifs is 1. The summed E-state index contributed by atoms with van der Waals surface area (Å²) in [6.45, 7) is 0. The first-order chi connectivity index (χ1) is 8.34. The molecule has 1 aliphatic carbocycles. The van der Waals surface area contributed by atoms with Crippen molar-refractivity contribution in [2.45, 2.75) is 17.2 Å². The van der Waals surface area contributed by atoms with Crippen LogP contribution in [0.4, 0.5) is 0 Å². The first kappa shape index (κ1) is 10.7. The molecule has 0 radical (unpaired) electrons. The maximum atomic E-state index is 9.69. The highest BCUT2D eigenvalue weighted by molar-refractivity contribution is 7.99. The number of phenolic OH excluding ortho intramolecular Hbond substituents is 1. The van der Waals surface area contributed by atoms with Crippen molar-refractivity contribution in [2.75, 3.05) is 5.75 Å². The maximum absolute atomic E-state index is 9.69. The van der Waals surface area contributed by atoms with Crippen LogP contribution in [0.15, 0.2) is 53.4 Å². The molecule has 2 aromatic carbocycles. The highest BCUT2D eigenvalue weighted by Crippen LogP contribution is 2.40. The summed E-state index contributed by atoms with van der Waals surface area (Å²) in [5.74, 6) is 2.09. The number of thioether (sulfide) groups is 1. The predicted molar refractivity (Wildman–Crippen MR) is 71.7 cm³/mol. The first-order valence-electron chi connectivity index (χ1n) is 5.83. The average molecular weight is 242 g/mol. The Morgan fingerprint density at radius 3 is 2.65 bits per heavy atom. The van der Waals surface area contributed by atoms with Crippen LogP contribution in [0.3, 0.4) is 0 Å². The SMILES string of the molecule is Oc1ccccc1SCC1Cc2ccccc21. The average Bonchev–Trinajstić information content (AvgIpc) is 2.32. The molecule has 0 saturated carbocycles. The van der Waals surface area contributed by atoms with Gasteiger partial charge in [-0.25, -0.2) is 0 Å². The van der Waals surface area contributed by atoms with E-state index in [-0.39, 0.29) is 0 Å². The Morgan fingerprint density at radius 2 is 1.82 bits per heavy atom. The van der Waals surface area contributed by atoms with Gasteiger partial charge in [0.15, 0.2) is 0 Å². The van der Waals surface area contributed by atoms with Crippen LogP contribution in [0.1, 0.15) is 17.0 Å². The number of hydrogen-bond donors (Lipinski definition) is 1. The summed E-state index contributed by atoms with van der Waals surface area (Å²) in [6, 6.07) is 16.2. The van der Waals surface area contributed by atoms with Gasteiger partial charge in [-0.3, -0.25) is 0 Å². The smallest absolute Gasteiger partial charge is 0.129 e. The van der Waals surface area contributed by atoms with Crippen molar-refractivity contribution >= 4 is 11.8 Å². The number of phenols is 1. The molecule has 17 heavy (non-hydrogen) atoms. The van der Waals surface area contributed by atoms with E-state index in [1.165, 1.54) is 17.5 Å². The molecule has 0 bridgehead atoms. The van der Waals surface area contributed by atoms with Crippen LogP contribution in [-0.2, 0) is 6.42 Å². The highest BCUT2D eigenvalue weighted by atomic mass is 32.2. The Hall–Kier alpha value is -1.41. The van der Waals surface area contributed by atoms with Crippen LogP contribution >= 0.6 is 11.8 Å². The second-order valence-electron chi connectivity index (χ2n) is 4.38. The molecule has 0 aliphatic heterocycles. The Morgan fingerprint density at radius 1 is 1.06 bits per heavy atom. The van der Waals surface area contributed by atoms with Gasteiger partial charge in [0.25, 0.3) is 0 Å². The third-order valence-electron chi connectivity index (χ3n) is 3.27. The molecule has 0 fully saturated rings. The standard InChI is InChI=1S/C15H14OS/c16-14-7-3-4-8-15(14)17-10-12-9-11-5-1-2-6-13(11)12/h1-8,12,16H,9-10H2. The van der Waals surface area contributed by atoms with E-state index in [0.29, 0.717) is 11.7 Å². The summed E-state index contributed by atoms with van der Waals surface area (Å²) in [6.07, 6.45) is 1.18. The Balaban J connectivity index is 1.66. The van der Waals surface area contributed by atoms with Crippen molar-refractivity contribution < 1.29 is 5.11 Å². The summed E-state index contributed by atoms with van der Waals surface area (Å²) in [4.78, 5) is 0.983. The van der Waals surface area contributed by atoms with Crippen molar-refractivity contribution in [3.63, 3.8) is 0 Å². The van der Waals surface area contributed by atoms with Crippen LogP contribution in [0.25, 0.3) is 0 Å². The third kappa shape index (κ3) is 2.05. The van der Waals surface area contributed by atoms with Gasteiger partial charge in [0.05, 0.1) is 0 Å². The molecule has 0 heterocycles. The molecule has 0 spiro atoms. The van der Waals surface area contributed by atoms with E-state index in [1.54, 1.807) is 17.8 Å². The van der Waals surface area contributed by atoms with Crippen molar-refractivity contribution in [1.29, 1.82) is 0 Å². The van der Waals surface area contributed by atoms with Gasteiger partial charge in [-0.15, -0.1) is 11.8 Å². The second kappa shape index (κ2) is 4.46. The summed E-state index contributed by atoms with van der Waals surface area (Å²) in [7, 11) is 0. The fourth-order valence-electron chi connectivity index (χ4n) is 2.28. The van der Waals surface area contributed by atoms with Gasteiger partial charge >= 0.3 is 0 Å². The maximum Gasteiger partial charge on any atom is 0.129 e. The molecule has 1 atom stereocenters.